The van der Waals surface area contributed by atoms with Crippen molar-refractivity contribution in [2.45, 2.75) is 32.2 Å². The quantitative estimate of drug-likeness (QED) is 0.469. The number of hydrogen-bond acceptors (Lipinski definition) is 8. The van der Waals surface area contributed by atoms with Crippen LogP contribution in [0.3, 0.4) is 0 Å². The monoisotopic (exact) mass is 423 g/mol. The van der Waals surface area contributed by atoms with Crippen molar-refractivity contribution in [2.24, 2.45) is 0 Å². The molecule has 0 spiro atoms. The summed E-state index contributed by atoms with van der Waals surface area (Å²) in [6.07, 6.45) is 7.56. The summed E-state index contributed by atoms with van der Waals surface area (Å²) in [6, 6.07) is 9.64. The highest BCUT2D eigenvalue weighted by Crippen LogP contribution is 2.29. The molecule has 8 nitrogen and oxygen atoms in total. The molecule has 1 saturated heterocycles. The maximum Gasteiger partial charge on any atom is 0.161 e. The zero-order valence-electron chi connectivity index (χ0n) is 17.9. The Kier molecular flexibility index (Phi) is 7.33. The number of anilines is 1. The van der Waals surface area contributed by atoms with Gasteiger partial charge in [0.1, 0.15) is 23.6 Å². The summed E-state index contributed by atoms with van der Waals surface area (Å²) in [7, 11) is 1.67. The van der Waals surface area contributed by atoms with Gasteiger partial charge < -0.3 is 24.2 Å². The number of rotatable bonds is 11. The number of nitrogens with zero attached hydrogens (tertiary/aromatic N) is 4. The fraction of sp³-hybridized carbons (Fsp3) is 0.435. The Balaban J connectivity index is 1.34. The first-order valence-electron chi connectivity index (χ1n) is 10.8. The van der Waals surface area contributed by atoms with Crippen molar-refractivity contribution in [3.05, 3.63) is 59.9 Å². The highest BCUT2D eigenvalue weighted by molar-refractivity contribution is 5.44. The first-order chi connectivity index (χ1) is 15.3. The third kappa shape index (κ3) is 6.18. The average Bonchev–Trinajstić information content (AvgIpc) is 3.50. The molecule has 0 radical (unpaired) electrons. The standard InChI is InChI=1S/C23H29N5O3/c1-29-20-6-5-18(15-21(20)30-13-4-12-28-10-2-3-11-28)16-23-24-9-7-22(26-23)25-17-19-8-14-31-27-19/h5-9,14-15H,2-4,10-13,16-17H2,1H3,(H,24,25,26). The number of ether oxygens (including phenoxy) is 2. The van der Waals surface area contributed by atoms with Gasteiger partial charge in [-0.15, -0.1) is 0 Å². The topological polar surface area (TPSA) is 85.5 Å². The van der Waals surface area contributed by atoms with Crippen LogP contribution >= 0.6 is 0 Å². The second kappa shape index (κ2) is 10.8. The van der Waals surface area contributed by atoms with Crippen molar-refractivity contribution in [2.75, 3.05) is 38.7 Å². The predicted molar refractivity (Wildman–Crippen MR) is 117 cm³/mol. The van der Waals surface area contributed by atoms with Gasteiger partial charge in [-0.3, -0.25) is 0 Å². The third-order valence-electron chi connectivity index (χ3n) is 5.31. The van der Waals surface area contributed by atoms with Gasteiger partial charge in [0.15, 0.2) is 11.5 Å². The van der Waals surface area contributed by atoms with Crippen molar-refractivity contribution in [3.63, 3.8) is 0 Å². The molecule has 0 saturated carbocycles. The van der Waals surface area contributed by atoms with Crippen LogP contribution in [0, 0.1) is 0 Å². The van der Waals surface area contributed by atoms with Crippen molar-refractivity contribution in [1.82, 2.24) is 20.0 Å². The lowest BCUT2D eigenvalue weighted by Gasteiger charge is -2.16. The van der Waals surface area contributed by atoms with Crippen LogP contribution in [0.25, 0.3) is 0 Å². The molecule has 31 heavy (non-hydrogen) atoms. The summed E-state index contributed by atoms with van der Waals surface area (Å²) < 4.78 is 16.4. The molecule has 1 aromatic carbocycles. The lowest BCUT2D eigenvalue weighted by atomic mass is 10.1. The number of benzene rings is 1. The smallest absolute Gasteiger partial charge is 0.161 e. The Morgan fingerprint density at radius 3 is 2.84 bits per heavy atom. The SMILES string of the molecule is COc1ccc(Cc2nccc(NCc3ccon3)n2)cc1OCCCN1CCCC1. The number of nitrogens with one attached hydrogen (secondary N) is 1. The highest BCUT2D eigenvalue weighted by Gasteiger charge is 2.12. The zero-order valence-corrected chi connectivity index (χ0v) is 17.9. The van der Waals surface area contributed by atoms with E-state index in [0.717, 1.165) is 47.4 Å². The number of likely N-dealkylation sites (tertiary alicyclic amines) is 1. The molecular weight excluding hydrogens is 394 g/mol. The molecular formula is C23H29N5O3. The maximum absolute atomic E-state index is 6.05. The van der Waals surface area contributed by atoms with E-state index in [1.54, 1.807) is 19.6 Å². The van der Waals surface area contributed by atoms with E-state index < -0.39 is 0 Å². The highest BCUT2D eigenvalue weighted by atomic mass is 16.5. The van der Waals surface area contributed by atoms with Crippen LogP contribution in [0.2, 0.25) is 0 Å². The third-order valence-corrected chi connectivity index (χ3v) is 5.31. The van der Waals surface area contributed by atoms with Crippen molar-refractivity contribution in [1.29, 1.82) is 0 Å². The molecule has 3 aromatic rings. The molecule has 0 bridgehead atoms. The van der Waals surface area contributed by atoms with Gasteiger partial charge >= 0.3 is 0 Å². The number of methoxy groups -OCH3 is 1. The van der Waals surface area contributed by atoms with E-state index in [2.05, 4.69) is 25.3 Å². The lowest BCUT2D eigenvalue weighted by molar-refractivity contribution is 0.254. The molecule has 3 heterocycles. The van der Waals surface area contributed by atoms with Crippen LogP contribution < -0.4 is 14.8 Å². The van der Waals surface area contributed by atoms with E-state index >= 15 is 0 Å². The van der Waals surface area contributed by atoms with Gasteiger partial charge in [-0.2, -0.15) is 0 Å². The summed E-state index contributed by atoms with van der Waals surface area (Å²) in [4.78, 5) is 11.5. The van der Waals surface area contributed by atoms with Crippen molar-refractivity contribution in [3.8, 4) is 11.5 Å². The van der Waals surface area contributed by atoms with Crippen molar-refractivity contribution >= 4 is 5.82 Å². The molecule has 0 amide bonds. The van der Waals surface area contributed by atoms with Gasteiger partial charge in [0.05, 0.1) is 20.3 Å². The van der Waals surface area contributed by atoms with Gasteiger partial charge in [-0.25, -0.2) is 9.97 Å². The molecule has 8 heteroatoms. The lowest BCUT2D eigenvalue weighted by Crippen LogP contribution is -2.21. The van der Waals surface area contributed by atoms with Crippen molar-refractivity contribution < 1.29 is 14.0 Å². The summed E-state index contributed by atoms with van der Waals surface area (Å²) in [5, 5.41) is 7.13. The van der Waals surface area contributed by atoms with E-state index in [9.17, 15) is 0 Å². The number of hydrogen-bond donors (Lipinski definition) is 1. The Labute approximate surface area is 182 Å². The maximum atomic E-state index is 6.05. The van der Waals surface area contributed by atoms with E-state index in [1.165, 1.54) is 25.9 Å². The molecule has 0 unspecified atom stereocenters. The molecule has 1 aliphatic heterocycles. The minimum absolute atomic E-state index is 0.547. The van der Waals surface area contributed by atoms with Gasteiger partial charge in [0.2, 0.25) is 0 Å². The number of aromatic nitrogens is 3. The largest absolute Gasteiger partial charge is 0.493 e. The van der Waals surface area contributed by atoms with Gasteiger partial charge in [0, 0.05) is 25.2 Å². The second-order valence-corrected chi connectivity index (χ2v) is 7.62. The van der Waals surface area contributed by atoms with Crippen LogP contribution in [0.4, 0.5) is 5.82 Å². The van der Waals surface area contributed by atoms with Crippen LogP contribution in [0.1, 0.15) is 36.3 Å². The van der Waals surface area contributed by atoms with E-state index in [0.29, 0.717) is 19.6 Å². The molecule has 4 rings (SSSR count). The first kappa shape index (κ1) is 21.1. The van der Waals surface area contributed by atoms with Crippen LogP contribution in [-0.2, 0) is 13.0 Å². The van der Waals surface area contributed by atoms with Crippen LogP contribution in [0.5, 0.6) is 11.5 Å². The first-order valence-corrected chi connectivity index (χ1v) is 10.8. The zero-order chi connectivity index (χ0) is 21.3. The second-order valence-electron chi connectivity index (χ2n) is 7.62. The van der Waals surface area contributed by atoms with Gasteiger partial charge in [0.25, 0.3) is 0 Å². The normalized spacial score (nSPS) is 14.0. The summed E-state index contributed by atoms with van der Waals surface area (Å²) in [6.45, 7) is 4.74. The summed E-state index contributed by atoms with van der Waals surface area (Å²) >= 11 is 0. The predicted octanol–water partition coefficient (Wildman–Crippen LogP) is 3.54. The Morgan fingerprint density at radius 1 is 1.13 bits per heavy atom. The fourth-order valence-corrected chi connectivity index (χ4v) is 3.70. The Bertz CT molecular complexity index is 942. The molecule has 164 valence electrons. The molecule has 1 aliphatic rings. The van der Waals surface area contributed by atoms with Gasteiger partial charge in [-0.05, 0) is 56.1 Å². The summed E-state index contributed by atoms with van der Waals surface area (Å²) in [5.41, 5.74) is 1.89. The van der Waals surface area contributed by atoms with Crippen LogP contribution in [-0.4, -0.2) is 53.4 Å². The van der Waals surface area contributed by atoms with E-state index in [4.69, 9.17) is 14.0 Å². The summed E-state index contributed by atoms with van der Waals surface area (Å²) in [5.74, 6) is 2.99. The Hall–Kier alpha value is -3.13. The minimum Gasteiger partial charge on any atom is -0.493 e. The van der Waals surface area contributed by atoms with E-state index in [1.807, 2.05) is 30.3 Å². The molecule has 1 fully saturated rings. The van der Waals surface area contributed by atoms with E-state index in [-0.39, 0.29) is 0 Å². The molecule has 2 aromatic heterocycles. The minimum atomic E-state index is 0.547. The average molecular weight is 424 g/mol. The van der Waals surface area contributed by atoms with Gasteiger partial charge in [-0.1, -0.05) is 11.2 Å². The fourth-order valence-electron chi connectivity index (χ4n) is 3.70. The molecule has 0 aliphatic carbocycles. The van der Waals surface area contributed by atoms with Crippen LogP contribution in [0.15, 0.2) is 47.3 Å². The Morgan fingerprint density at radius 2 is 2.03 bits per heavy atom. The molecule has 1 N–H and O–H groups in total. The molecule has 0 atom stereocenters.